The summed E-state index contributed by atoms with van der Waals surface area (Å²) in [5.74, 6) is -5.45. The Morgan fingerprint density at radius 1 is 1.25 bits per heavy atom. The molecule has 1 atom stereocenters. The normalized spacial score (nSPS) is 20.9. The molecular formula is C12H12F3NO3S. The van der Waals surface area contributed by atoms with Crippen LogP contribution in [0.2, 0.25) is 0 Å². The number of rotatable bonds is 3. The van der Waals surface area contributed by atoms with Gasteiger partial charge in [0, 0.05) is 12.1 Å². The van der Waals surface area contributed by atoms with Gasteiger partial charge in [-0.05, 0) is 24.5 Å². The second kappa shape index (κ2) is 5.43. The Balaban J connectivity index is 1.99. The first-order valence-corrected chi connectivity index (χ1v) is 7.74. The molecule has 0 saturated carbocycles. The Bertz CT molecular complexity index is 622. The van der Waals surface area contributed by atoms with E-state index in [0.717, 1.165) is 0 Å². The quantitative estimate of drug-likeness (QED) is 0.855. The highest BCUT2D eigenvalue weighted by atomic mass is 32.2. The van der Waals surface area contributed by atoms with E-state index >= 15 is 0 Å². The molecule has 0 aliphatic carbocycles. The molecule has 0 bridgehead atoms. The Morgan fingerprint density at radius 3 is 2.35 bits per heavy atom. The van der Waals surface area contributed by atoms with E-state index < -0.39 is 33.2 Å². The lowest BCUT2D eigenvalue weighted by Crippen LogP contribution is -2.30. The summed E-state index contributed by atoms with van der Waals surface area (Å²) < 4.78 is 61.1. The number of nitrogens with one attached hydrogen (secondary N) is 1. The van der Waals surface area contributed by atoms with Crippen molar-refractivity contribution >= 4 is 15.7 Å². The van der Waals surface area contributed by atoms with Gasteiger partial charge in [0.05, 0.1) is 11.5 Å². The third-order valence-corrected chi connectivity index (χ3v) is 4.96. The van der Waals surface area contributed by atoms with E-state index in [1.807, 2.05) is 0 Å². The standard InChI is InChI=1S/C12H12F3NO3S/c13-9-3-8(4-10(14)11(9)15)12(17)16-5-7-1-2-20(18,19)6-7/h3-4,7H,1-2,5-6H2,(H,16,17). The molecule has 1 aromatic rings. The maximum Gasteiger partial charge on any atom is 0.251 e. The number of amides is 1. The van der Waals surface area contributed by atoms with E-state index in [1.54, 1.807) is 0 Å². The zero-order valence-electron chi connectivity index (χ0n) is 10.3. The number of hydrogen-bond donors (Lipinski definition) is 1. The topological polar surface area (TPSA) is 63.2 Å². The minimum absolute atomic E-state index is 0.0145. The van der Waals surface area contributed by atoms with Crippen molar-refractivity contribution in [2.24, 2.45) is 5.92 Å². The van der Waals surface area contributed by atoms with Crippen LogP contribution in [0.5, 0.6) is 0 Å². The molecule has 1 amide bonds. The number of carbonyl (C=O) groups is 1. The third kappa shape index (κ3) is 3.30. The van der Waals surface area contributed by atoms with Crippen molar-refractivity contribution in [1.29, 1.82) is 0 Å². The highest BCUT2D eigenvalue weighted by Crippen LogP contribution is 2.18. The van der Waals surface area contributed by atoms with Crippen molar-refractivity contribution < 1.29 is 26.4 Å². The molecule has 1 aliphatic heterocycles. The Morgan fingerprint density at radius 2 is 1.85 bits per heavy atom. The monoisotopic (exact) mass is 307 g/mol. The predicted molar refractivity (Wildman–Crippen MR) is 65.4 cm³/mol. The SMILES string of the molecule is O=C(NCC1CCS(=O)(=O)C1)c1cc(F)c(F)c(F)c1. The molecule has 1 fully saturated rings. The van der Waals surface area contributed by atoms with Crippen molar-refractivity contribution in [3.8, 4) is 0 Å². The maximum atomic E-state index is 13.0. The molecule has 0 radical (unpaired) electrons. The summed E-state index contributed by atoms with van der Waals surface area (Å²) in [5.41, 5.74) is -0.345. The summed E-state index contributed by atoms with van der Waals surface area (Å²) in [6, 6.07) is 1.19. The lowest BCUT2D eigenvalue weighted by atomic mass is 10.1. The number of halogens is 3. The lowest BCUT2D eigenvalue weighted by Gasteiger charge is -2.10. The van der Waals surface area contributed by atoms with E-state index in [0.29, 0.717) is 18.6 Å². The zero-order valence-corrected chi connectivity index (χ0v) is 11.1. The van der Waals surface area contributed by atoms with E-state index in [4.69, 9.17) is 0 Å². The van der Waals surface area contributed by atoms with Gasteiger partial charge < -0.3 is 5.32 Å². The number of benzene rings is 1. The molecule has 1 saturated heterocycles. The fourth-order valence-corrected chi connectivity index (χ4v) is 3.92. The van der Waals surface area contributed by atoms with Gasteiger partial charge in [-0.3, -0.25) is 4.79 Å². The van der Waals surface area contributed by atoms with E-state index in [2.05, 4.69) is 5.32 Å². The maximum absolute atomic E-state index is 13.0. The van der Waals surface area contributed by atoms with Crippen molar-refractivity contribution in [2.75, 3.05) is 18.1 Å². The number of carbonyl (C=O) groups excluding carboxylic acids is 1. The average molecular weight is 307 g/mol. The van der Waals surface area contributed by atoms with Gasteiger partial charge in [-0.25, -0.2) is 21.6 Å². The van der Waals surface area contributed by atoms with Crippen LogP contribution in [0, 0.1) is 23.4 Å². The van der Waals surface area contributed by atoms with Gasteiger partial charge in [0.2, 0.25) is 0 Å². The highest BCUT2D eigenvalue weighted by Gasteiger charge is 2.28. The molecule has 8 heteroatoms. The van der Waals surface area contributed by atoms with Gasteiger partial charge in [0.15, 0.2) is 27.3 Å². The minimum atomic E-state index is -3.05. The number of hydrogen-bond acceptors (Lipinski definition) is 3. The molecular weight excluding hydrogens is 295 g/mol. The van der Waals surface area contributed by atoms with Crippen molar-refractivity contribution in [3.63, 3.8) is 0 Å². The van der Waals surface area contributed by atoms with Gasteiger partial charge in [-0.1, -0.05) is 0 Å². The van der Waals surface area contributed by atoms with Crippen molar-refractivity contribution in [2.45, 2.75) is 6.42 Å². The van der Waals surface area contributed by atoms with Gasteiger partial charge in [0.1, 0.15) is 0 Å². The molecule has 0 aromatic heterocycles. The molecule has 1 unspecified atom stereocenters. The second-order valence-electron chi connectivity index (χ2n) is 4.73. The smallest absolute Gasteiger partial charge is 0.251 e. The summed E-state index contributed by atoms with van der Waals surface area (Å²) in [5, 5.41) is 2.39. The highest BCUT2D eigenvalue weighted by molar-refractivity contribution is 7.91. The molecule has 20 heavy (non-hydrogen) atoms. The first-order chi connectivity index (χ1) is 9.28. The third-order valence-electron chi connectivity index (χ3n) is 3.12. The Kier molecular flexibility index (Phi) is 4.03. The van der Waals surface area contributed by atoms with Crippen LogP contribution in [0.3, 0.4) is 0 Å². The lowest BCUT2D eigenvalue weighted by molar-refractivity contribution is 0.0947. The van der Waals surface area contributed by atoms with Crippen molar-refractivity contribution in [1.82, 2.24) is 5.32 Å². The van der Waals surface area contributed by atoms with Crippen LogP contribution in [-0.4, -0.2) is 32.4 Å². The van der Waals surface area contributed by atoms with Crippen LogP contribution < -0.4 is 5.32 Å². The van der Waals surface area contributed by atoms with Gasteiger partial charge >= 0.3 is 0 Å². The first kappa shape index (κ1) is 14.8. The molecule has 2 rings (SSSR count). The summed E-state index contributed by atoms with van der Waals surface area (Å²) in [6.45, 7) is 0.0959. The zero-order chi connectivity index (χ0) is 14.9. The molecule has 1 heterocycles. The van der Waals surface area contributed by atoms with E-state index in [1.165, 1.54) is 0 Å². The molecule has 1 aliphatic rings. The van der Waals surface area contributed by atoms with Gasteiger partial charge in [0.25, 0.3) is 5.91 Å². The summed E-state index contributed by atoms with van der Waals surface area (Å²) in [6.07, 6.45) is 0.439. The average Bonchev–Trinajstić information content (AvgIpc) is 2.72. The van der Waals surface area contributed by atoms with Crippen LogP contribution in [0.15, 0.2) is 12.1 Å². The molecule has 110 valence electrons. The first-order valence-electron chi connectivity index (χ1n) is 5.91. The van der Waals surface area contributed by atoms with Crippen LogP contribution in [0.4, 0.5) is 13.2 Å². The minimum Gasteiger partial charge on any atom is -0.352 e. The summed E-state index contributed by atoms with van der Waals surface area (Å²) in [7, 11) is -3.05. The van der Waals surface area contributed by atoms with Crippen LogP contribution in [0.25, 0.3) is 0 Å². The molecule has 0 spiro atoms. The van der Waals surface area contributed by atoms with Crippen molar-refractivity contribution in [3.05, 3.63) is 35.1 Å². The summed E-state index contributed by atoms with van der Waals surface area (Å²) >= 11 is 0. The molecule has 1 N–H and O–H groups in total. The fraction of sp³-hybridized carbons (Fsp3) is 0.417. The largest absolute Gasteiger partial charge is 0.352 e. The van der Waals surface area contributed by atoms with E-state index in [9.17, 15) is 26.4 Å². The predicted octanol–water partition coefficient (Wildman–Crippen LogP) is 1.27. The number of sulfone groups is 1. The molecule has 1 aromatic carbocycles. The summed E-state index contributed by atoms with van der Waals surface area (Å²) in [4.78, 5) is 11.7. The fourth-order valence-electron chi connectivity index (χ4n) is 2.06. The van der Waals surface area contributed by atoms with Crippen LogP contribution in [-0.2, 0) is 9.84 Å². The van der Waals surface area contributed by atoms with Gasteiger partial charge in [-0.2, -0.15) is 0 Å². The second-order valence-corrected chi connectivity index (χ2v) is 6.96. The Labute approximate surface area is 113 Å². The van der Waals surface area contributed by atoms with Crippen LogP contribution in [0.1, 0.15) is 16.8 Å². The van der Waals surface area contributed by atoms with Crippen LogP contribution >= 0.6 is 0 Å². The Hall–Kier alpha value is -1.57. The molecule has 4 nitrogen and oxygen atoms in total. The van der Waals surface area contributed by atoms with E-state index in [-0.39, 0.29) is 29.5 Å². The van der Waals surface area contributed by atoms with Gasteiger partial charge in [-0.15, -0.1) is 0 Å².